The average Bonchev–Trinajstić information content (AvgIpc) is 2.41. The molecule has 0 bridgehead atoms. The van der Waals surface area contributed by atoms with E-state index in [2.05, 4.69) is 35.0 Å². The first-order valence-electron chi connectivity index (χ1n) is 7.19. The molecule has 1 amide bonds. The Bertz CT molecular complexity index is 515. The van der Waals surface area contributed by atoms with Gasteiger partial charge in [-0.15, -0.1) is 0 Å². The summed E-state index contributed by atoms with van der Waals surface area (Å²) in [5.41, 5.74) is 2.65. The molecule has 0 unspecified atom stereocenters. The van der Waals surface area contributed by atoms with E-state index in [1.807, 2.05) is 11.0 Å². The van der Waals surface area contributed by atoms with E-state index in [0.29, 0.717) is 11.8 Å². The Balaban J connectivity index is 1.57. The number of rotatable bonds is 2. The summed E-state index contributed by atoms with van der Waals surface area (Å²) in [4.78, 5) is 14.3. The van der Waals surface area contributed by atoms with Crippen LogP contribution >= 0.6 is 15.9 Å². The number of likely N-dealkylation sites (tertiary alicyclic amines) is 1. The van der Waals surface area contributed by atoms with Gasteiger partial charge in [0.2, 0.25) is 5.91 Å². The van der Waals surface area contributed by atoms with Gasteiger partial charge in [-0.05, 0) is 37.0 Å². The molecular weight excluding hydrogens is 318 g/mol. The maximum Gasteiger partial charge on any atom is 0.227 e. The van der Waals surface area contributed by atoms with Crippen molar-refractivity contribution in [3.8, 4) is 0 Å². The molecular formula is C16H20BrNO2. The van der Waals surface area contributed by atoms with Crippen LogP contribution in [0.4, 0.5) is 0 Å². The molecule has 1 aromatic carbocycles. The SMILES string of the molecule is Cc1ccc(CC(=O)N2CC3(CCOCC3)C2)cc1Br. The van der Waals surface area contributed by atoms with Crippen LogP contribution in [0.1, 0.15) is 24.0 Å². The molecule has 2 fully saturated rings. The van der Waals surface area contributed by atoms with E-state index in [0.717, 1.165) is 49.2 Å². The maximum atomic E-state index is 12.3. The van der Waals surface area contributed by atoms with Crippen LogP contribution in [0.2, 0.25) is 0 Å². The molecule has 0 atom stereocenters. The van der Waals surface area contributed by atoms with Crippen molar-refractivity contribution in [2.45, 2.75) is 26.2 Å². The van der Waals surface area contributed by atoms with Gasteiger partial charge in [-0.25, -0.2) is 0 Å². The zero-order chi connectivity index (χ0) is 14.2. The molecule has 2 aliphatic heterocycles. The average molecular weight is 338 g/mol. The summed E-state index contributed by atoms with van der Waals surface area (Å²) >= 11 is 3.52. The van der Waals surface area contributed by atoms with Crippen molar-refractivity contribution in [1.82, 2.24) is 4.90 Å². The first-order valence-corrected chi connectivity index (χ1v) is 7.98. The standard InChI is InChI=1S/C16H20BrNO2/c1-12-2-3-13(8-14(12)17)9-15(19)18-10-16(11-18)4-6-20-7-5-16/h2-3,8H,4-7,9-11H2,1H3. The highest BCUT2D eigenvalue weighted by molar-refractivity contribution is 9.10. The van der Waals surface area contributed by atoms with E-state index in [9.17, 15) is 4.79 Å². The van der Waals surface area contributed by atoms with E-state index in [1.165, 1.54) is 5.56 Å². The zero-order valence-electron chi connectivity index (χ0n) is 11.8. The highest BCUT2D eigenvalue weighted by Gasteiger charge is 2.45. The highest BCUT2D eigenvalue weighted by Crippen LogP contribution is 2.39. The van der Waals surface area contributed by atoms with Gasteiger partial charge in [0, 0.05) is 36.2 Å². The molecule has 0 aliphatic carbocycles. The van der Waals surface area contributed by atoms with E-state index in [-0.39, 0.29) is 5.91 Å². The molecule has 1 spiro atoms. The number of ether oxygens (including phenoxy) is 1. The fraction of sp³-hybridized carbons (Fsp3) is 0.562. The number of hydrogen-bond acceptors (Lipinski definition) is 2. The number of carbonyl (C=O) groups excluding carboxylic acids is 1. The Hall–Kier alpha value is -0.870. The van der Waals surface area contributed by atoms with E-state index in [4.69, 9.17) is 4.74 Å². The summed E-state index contributed by atoms with van der Waals surface area (Å²) in [5, 5.41) is 0. The molecule has 2 saturated heterocycles. The van der Waals surface area contributed by atoms with Crippen molar-refractivity contribution < 1.29 is 9.53 Å². The van der Waals surface area contributed by atoms with Gasteiger partial charge in [-0.1, -0.05) is 28.1 Å². The topological polar surface area (TPSA) is 29.5 Å². The molecule has 2 aliphatic rings. The first kappa shape index (κ1) is 14.1. The molecule has 2 heterocycles. The van der Waals surface area contributed by atoms with Crippen molar-refractivity contribution in [2.75, 3.05) is 26.3 Å². The van der Waals surface area contributed by atoms with Crippen molar-refractivity contribution in [3.63, 3.8) is 0 Å². The molecule has 0 aromatic heterocycles. The van der Waals surface area contributed by atoms with Gasteiger partial charge in [0.1, 0.15) is 0 Å². The molecule has 0 radical (unpaired) electrons. The lowest BCUT2D eigenvalue weighted by molar-refractivity contribution is -0.149. The van der Waals surface area contributed by atoms with Crippen LogP contribution in [0.5, 0.6) is 0 Å². The Morgan fingerprint density at radius 3 is 2.70 bits per heavy atom. The van der Waals surface area contributed by atoms with E-state index >= 15 is 0 Å². The smallest absolute Gasteiger partial charge is 0.227 e. The van der Waals surface area contributed by atoms with E-state index in [1.54, 1.807) is 0 Å². The Morgan fingerprint density at radius 2 is 2.05 bits per heavy atom. The molecule has 3 nitrogen and oxygen atoms in total. The third-order valence-electron chi connectivity index (χ3n) is 4.55. The van der Waals surface area contributed by atoms with Crippen LogP contribution in [-0.4, -0.2) is 37.1 Å². The number of carbonyl (C=O) groups is 1. The van der Waals surface area contributed by atoms with Gasteiger partial charge >= 0.3 is 0 Å². The molecule has 20 heavy (non-hydrogen) atoms. The first-order chi connectivity index (χ1) is 9.58. The second kappa shape index (κ2) is 5.49. The van der Waals surface area contributed by atoms with Gasteiger partial charge in [0.15, 0.2) is 0 Å². The number of nitrogens with zero attached hydrogens (tertiary/aromatic N) is 1. The zero-order valence-corrected chi connectivity index (χ0v) is 13.4. The fourth-order valence-corrected chi connectivity index (χ4v) is 3.52. The number of amides is 1. The Morgan fingerprint density at radius 1 is 1.35 bits per heavy atom. The number of hydrogen-bond donors (Lipinski definition) is 0. The Labute approximate surface area is 128 Å². The predicted octanol–water partition coefficient (Wildman–Crippen LogP) is 2.94. The van der Waals surface area contributed by atoms with Crippen LogP contribution in [-0.2, 0) is 16.0 Å². The summed E-state index contributed by atoms with van der Waals surface area (Å²) in [5.74, 6) is 0.248. The van der Waals surface area contributed by atoms with Gasteiger partial charge in [-0.3, -0.25) is 4.79 Å². The Kier molecular flexibility index (Phi) is 3.87. The third kappa shape index (κ3) is 2.77. The van der Waals surface area contributed by atoms with E-state index < -0.39 is 0 Å². The van der Waals surface area contributed by atoms with Crippen molar-refractivity contribution in [1.29, 1.82) is 0 Å². The number of halogens is 1. The second-order valence-electron chi connectivity index (χ2n) is 6.12. The van der Waals surface area contributed by atoms with Gasteiger partial charge in [0.25, 0.3) is 0 Å². The summed E-state index contributed by atoms with van der Waals surface area (Å²) in [6.07, 6.45) is 2.71. The number of benzene rings is 1. The highest BCUT2D eigenvalue weighted by atomic mass is 79.9. The fourth-order valence-electron chi connectivity index (χ4n) is 3.09. The summed E-state index contributed by atoms with van der Waals surface area (Å²) in [7, 11) is 0. The maximum absolute atomic E-state index is 12.3. The minimum Gasteiger partial charge on any atom is -0.381 e. The van der Waals surface area contributed by atoms with Crippen molar-refractivity contribution >= 4 is 21.8 Å². The summed E-state index contributed by atoms with van der Waals surface area (Å²) < 4.78 is 6.48. The van der Waals surface area contributed by atoms with Crippen molar-refractivity contribution in [2.24, 2.45) is 5.41 Å². The lowest BCUT2D eigenvalue weighted by Gasteiger charge is -2.52. The van der Waals surface area contributed by atoms with Crippen LogP contribution in [0.15, 0.2) is 22.7 Å². The van der Waals surface area contributed by atoms with Crippen molar-refractivity contribution in [3.05, 3.63) is 33.8 Å². The van der Waals surface area contributed by atoms with Gasteiger partial charge < -0.3 is 9.64 Å². The summed E-state index contributed by atoms with van der Waals surface area (Å²) in [6.45, 7) is 5.60. The molecule has 3 rings (SSSR count). The van der Waals surface area contributed by atoms with Crippen LogP contribution in [0.3, 0.4) is 0 Å². The largest absolute Gasteiger partial charge is 0.381 e. The van der Waals surface area contributed by atoms with Crippen LogP contribution in [0, 0.1) is 12.3 Å². The molecule has 4 heteroatoms. The second-order valence-corrected chi connectivity index (χ2v) is 6.98. The molecule has 0 saturated carbocycles. The molecule has 0 N–H and O–H groups in total. The third-order valence-corrected chi connectivity index (χ3v) is 5.40. The monoisotopic (exact) mass is 337 g/mol. The molecule has 108 valence electrons. The minimum atomic E-state index is 0.248. The minimum absolute atomic E-state index is 0.248. The quantitative estimate of drug-likeness (QED) is 0.830. The predicted molar refractivity (Wildman–Crippen MR) is 81.6 cm³/mol. The normalized spacial score (nSPS) is 20.8. The van der Waals surface area contributed by atoms with Crippen LogP contribution in [0.25, 0.3) is 0 Å². The number of aryl methyl sites for hydroxylation is 1. The summed E-state index contributed by atoms with van der Waals surface area (Å²) in [6, 6.07) is 6.15. The molecule has 1 aromatic rings. The lowest BCUT2D eigenvalue weighted by Crippen LogP contribution is -2.60. The van der Waals surface area contributed by atoms with Crippen LogP contribution < -0.4 is 0 Å². The van der Waals surface area contributed by atoms with Gasteiger partial charge in [-0.2, -0.15) is 0 Å². The lowest BCUT2D eigenvalue weighted by atomic mass is 9.73. The van der Waals surface area contributed by atoms with Gasteiger partial charge in [0.05, 0.1) is 6.42 Å².